The summed E-state index contributed by atoms with van der Waals surface area (Å²) in [6.45, 7) is 5.88. The molecule has 160 valence electrons. The predicted molar refractivity (Wildman–Crippen MR) is 127 cm³/mol. The van der Waals surface area contributed by atoms with Crippen LogP contribution in [0.5, 0.6) is 0 Å². The van der Waals surface area contributed by atoms with Crippen LogP contribution < -0.4 is 5.32 Å². The van der Waals surface area contributed by atoms with Gasteiger partial charge in [0.05, 0.1) is 0 Å². The highest BCUT2D eigenvalue weighted by Crippen LogP contribution is 2.23. The van der Waals surface area contributed by atoms with E-state index in [2.05, 4.69) is 71.7 Å². The lowest BCUT2D eigenvalue weighted by atomic mass is 9.90. The highest BCUT2D eigenvalue weighted by Gasteiger charge is 2.19. The van der Waals surface area contributed by atoms with Crippen molar-refractivity contribution in [2.24, 2.45) is 5.92 Å². The molecule has 31 heavy (non-hydrogen) atoms. The molecule has 0 atom stereocenters. The molecule has 4 rings (SSSR count). The van der Waals surface area contributed by atoms with E-state index in [1.165, 1.54) is 36.0 Å². The second kappa shape index (κ2) is 10.4. The lowest BCUT2D eigenvalue weighted by Crippen LogP contribution is -2.33. The Morgan fingerprint density at radius 2 is 1.58 bits per heavy atom. The lowest BCUT2D eigenvalue weighted by Gasteiger charge is -2.32. The Hall–Kier alpha value is -2.91. The van der Waals surface area contributed by atoms with Crippen LogP contribution in [-0.4, -0.2) is 23.9 Å². The fourth-order valence-corrected chi connectivity index (χ4v) is 4.42. The fourth-order valence-electron chi connectivity index (χ4n) is 4.42. The zero-order valence-corrected chi connectivity index (χ0v) is 18.4. The molecule has 1 heterocycles. The minimum absolute atomic E-state index is 0.0187. The van der Waals surface area contributed by atoms with Crippen molar-refractivity contribution in [1.82, 2.24) is 10.2 Å². The number of hydrogen-bond acceptors (Lipinski definition) is 2. The Labute approximate surface area is 186 Å². The summed E-state index contributed by atoms with van der Waals surface area (Å²) in [7, 11) is 0. The number of amides is 1. The number of benzene rings is 3. The van der Waals surface area contributed by atoms with Crippen molar-refractivity contribution in [2.45, 2.75) is 39.3 Å². The number of carbonyl (C=O) groups excluding carboxylic acids is 1. The number of likely N-dealkylation sites (tertiary alicyclic amines) is 1. The molecule has 1 amide bonds. The Morgan fingerprint density at radius 1 is 0.871 bits per heavy atom. The highest BCUT2D eigenvalue weighted by atomic mass is 16.1. The molecule has 0 aliphatic carbocycles. The first-order valence-electron chi connectivity index (χ1n) is 11.3. The van der Waals surface area contributed by atoms with Gasteiger partial charge in [0, 0.05) is 18.7 Å². The molecule has 1 N–H and O–H groups in total. The van der Waals surface area contributed by atoms with Gasteiger partial charge in [-0.2, -0.15) is 0 Å². The van der Waals surface area contributed by atoms with Crippen LogP contribution in [0.25, 0.3) is 0 Å². The van der Waals surface area contributed by atoms with Gasteiger partial charge in [0.15, 0.2) is 0 Å². The quantitative estimate of drug-likeness (QED) is 0.565. The van der Waals surface area contributed by atoms with Crippen molar-refractivity contribution in [3.05, 3.63) is 107 Å². The van der Waals surface area contributed by atoms with E-state index in [4.69, 9.17) is 0 Å². The van der Waals surface area contributed by atoms with E-state index in [-0.39, 0.29) is 5.91 Å². The van der Waals surface area contributed by atoms with Crippen molar-refractivity contribution in [2.75, 3.05) is 13.1 Å². The topological polar surface area (TPSA) is 32.3 Å². The van der Waals surface area contributed by atoms with Gasteiger partial charge in [-0.3, -0.25) is 9.69 Å². The molecule has 3 nitrogen and oxygen atoms in total. The van der Waals surface area contributed by atoms with Crippen LogP contribution in [0.3, 0.4) is 0 Å². The van der Waals surface area contributed by atoms with Gasteiger partial charge in [-0.25, -0.2) is 0 Å². The fraction of sp³-hybridized carbons (Fsp3) is 0.321. The van der Waals surface area contributed by atoms with Gasteiger partial charge in [-0.05, 0) is 74.0 Å². The maximum Gasteiger partial charge on any atom is 0.251 e. The molecule has 0 spiro atoms. The van der Waals surface area contributed by atoms with E-state index >= 15 is 0 Å². The number of piperidine rings is 1. The van der Waals surface area contributed by atoms with Crippen LogP contribution in [-0.2, 0) is 19.5 Å². The first-order chi connectivity index (χ1) is 15.2. The third kappa shape index (κ3) is 6.28. The van der Waals surface area contributed by atoms with Crippen molar-refractivity contribution >= 4 is 5.91 Å². The molecule has 3 aromatic rings. The van der Waals surface area contributed by atoms with E-state index in [9.17, 15) is 4.79 Å². The second-order valence-corrected chi connectivity index (χ2v) is 8.78. The van der Waals surface area contributed by atoms with Gasteiger partial charge in [0.2, 0.25) is 0 Å². The Balaban J connectivity index is 1.23. The highest BCUT2D eigenvalue weighted by molar-refractivity contribution is 5.94. The minimum Gasteiger partial charge on any atom is -0.348 e. The Morgan fingerprint density at radius 3 is 2.29 bits per heavy atom. The predicted octanol–water partition coefficient (Wildman–Crippen LogP) is 5.38. The van der Waals surface area contributed by atoms with Crippen molar-refractivity contribution in [3.8, 4) is 0 Å². The summed E-state index contributed by atoms with van der Waals surface area (Å²) in [4.78, 5) is 15.0. The molecule has 1 aliphatic rings. The number of carbonyl (C=O) groups is 1. The summed E-state index contributed by atoms with van der Waals surface area (Å²) < 4.78 is 0. The van der Waals surface area contributed by atoms with Gasteiger partial charge < -0.3 is 5.32 Å². The zero-order chi connectivity index (χ0) is 21.5. The van der Waals surface area contributed by atoms with Crippen LogP contribution in [0, 0.1) is 12.8 Å². The summed E-state index contributed by atoms with van der Waals surface area (Å²) in [6.07, 6.45) is 3.71. The first-order valence-corrected chi connectivity index (χ1v) is 11.3. The average Bonchev–Trinajstić information content (AvgIpc) is 2.80. The maximum absolute atomic E-state index is 12.5. The van der Waals surface area contributed by atoms with Crippen LogP contribution >= 0.6 is 0 Å². The summed E-state index contributed by atoms with van der Waals surface area (Å²) >= 11 is 0. The molecule has 0 unspecified atom stereocenters. The zero-order valence-electron chi connectivity index (χ0n) is 18.4. The van der Waals surface area contributed by atoms with E-state index < -0.39 is 0 Å². The van der Waals surface area contributed by atoms with Gasteiger partial charge in [0.1, 0.15) is 0 Å². The van der Waals surface area contributed by atoms with Crippen LogP contribution in [0.15, 0.2) is 78.9 Å². The summed E-state index contributed by atoms with van der Waals surface area (Å²) in [5.74, 6) is 0.771. The van der Waals surface area contributed by atoms with Crippen molar-refractivity contribution in [1.29, 1.82) is 0 Å². The summed E-state index contributed by atoms with van der Waals surface area (Å²) in [5.41, 5.74) is 5.78. The second-order valence-electron chi connectivity index (χ2n) is 8.78. The standard InChI is InChI=1S/C28H32N2O/c1-22-6-5-9-26(18-22)20-29-28(31)27-12-10-25(11-13-27)21-30-16-14-24(15-17-30)19-23-7-3-2-4-8-23/h2-13,18,24H,14-17,19-21H2,1H3,(H,29,31). The largest absolute Gasteiger partial charge is 0.348 e. The molecule has 0 saturated carbocycles. The summed E-state index contributed by atoms with van der Waals surface area (Å²) in [6, 6.07) is 27.2. The van der Waals surface area contributed by atoms with E-state index in [1.54, 1.807) is 0 Å². The number of aryl methyl sites for hydroxylation is 1. The van der Waals surface area contributed by atoms with Gasteiger partial charge in [-0.1, -0.05) is 72.3 Å². The third-order valence-electron chi connectivity index (χ3n) is 6.23. The molecule has 3 heteroatoms. The molecule has 0 aromatic heterocycles. The Kier molecular flexibility index (Phi) is 7.16. The number of hydrogen-bond donors (Lipinski definition) is 1. The van der Waals surface area contributed by atoms with Gasteiger partial charge >= 0.3 is 0 Å². The number of rotatable bonds is 7. The minimum atomic E-state index is -0.0187. The van der Waals surface area contributed by atoms with Crippen LogP contribution in [0.1, 0.15) is 45.5 Å². The normalized spacial score (nSPS) is 15.0. The average molecular weight is 413 g/mol. The van der Waals surface area contributed by atoms with E-state index in [1.807, 2.05) is 24.3 Å². The molecule has 1 saturated heterocycles. The lowest BCUT2D eigenvalue weighted by molar-refractivity contribution is 0.0951. The first kappa shape index (κ1) is 21.3. The van der Waals surface area contributed by atoms with Crippen molar-refractivity contribution in [3.63, 3.8) is 0 Å². The monoisotopic (exact) mass is 412 g/mol. The maximum atomic E-state index is 12.5. The SMILES string of the molecule is Cc1cccc(CNC(=O)c2ccc(CN3CCC(Cc4ccccc4)CC3)cc2)c1. The van der Waals surface area contributed by atoms with Gasteiger partial charge in [0.25, 0.3) is 5.91 Å². The summed E-state index contributed by atoms with van der Waals surface area (Å²) in [5, 5.41) is 3.02. The third-order valence-corrected chi connectivity index (χ3v) is 6.23. The van der Waals surface area contributed by atoms with E-state index in [0.717, 1.165) is 36.7 Å². The van der Waals surface area contributed by atoms with Crippen LogP contribution in [0.4, 0.5) is 0 Å². The molecule has 0 radical (unpaired) electrons. The number of nitrogens with one attached hydrogen (secondary N) is 1. The Bertz CT molecular complexity index is 973. The van der Waals surface area contributed by atoms with Gasteiger partial charge in [-0.15, -0.1) is 0 Å². The van der Waals surface area contributed by atoms with E-state index in [0.29, 0.717) is 6.54 Å². The van der Waals surface area contributed by atoms with Crippen LogP contribution in [0.2, 0.25) is 0 Å². The molecule has 0 bridgehead atoms. The molecule has 1 fully saturated rings. The number of nitrogens with zero attached hydrogens (tertiary/aromatic N) is 1. The van der Waals surface area contributed by atoms with Crippen molar-refractivity contribution < 1.29 is 4.79 Å². The molecular formula is C28H32N2O. The molecular weight excluding hydrogens is 380 g/mol. The smallest absolute Gasteiger partial charge is 0.251 e. The molecule has 3 aromatic carbocycles. The molecule has 1 aliphatic heterocycles.